The number of rotatable bonds is 5. The van der Waals surface area contributed by atoms with Crippen molar-refractivity contribution in [1.29, 1.82) is 0 Å². The summed E-state index contributed by atoms with van der Waals surface area (Å²) in [4.78, 5) is 21.0. The van der Waals surface area contributed by atoms with E-state index in [-0.39, 0.29) is 18.3 Å². The lowest BCUT2D eigenvalue weighted by Gasteiger charge is -2.04. The van der Waals surface area contributed by atoms with E-state index in [1.807, 2.05) is 0 Å². The average Bonchev–Trinajstić information content (AvgIpc) is 2.01. The largest absolute Gasteiger partial charge is 0.466 e. The fourth-order valence-corrected chi connectivity index (χ4v) is 0.955. The number of hydrogen-bond donors (Lipinski definition) is 0. The molecular formula is C7H11BrO3. The summed E-state index contributed by atoms with van der Waals surface area (Å²) in [5, 5.41) is 0.509. The summed E-state index contributed by atoms with van der Waals surface area (Å²) in [6, 6.07) is 0. The first-order valence-electron chi connectivity index (χ1n) is 3.41. The molecule has 0 spiro atoms. The Kier molecular flexibility index (Phi) is 6.12. The average molecular weight is 223 g/mol. The summed E-state index contributed by atoms with van der Waals surface area (Å²) < 4.78 is 4.66. The fourth-order valence-electron chi connectivity index (χ4n) is 0.573. The lowest BCUT2D eigenvalue weighted by atomic mass is 10.1. The third-order valence-electron chi connectivity index (χ3n) is 1.12. The summed E-state index contributed by atoms with van der Waals surface area (Å²) >= 11 is 3.12. The van der Waals surface area contributed by atoms with Crippen molar-refractivity contribution in [2.45, 2.75) is 13.3 Å². The van der Waals surface area contributed by atoms with Crippen LogP contribution >= 0.6 is 15.9 Å². The molecule has 0 radical (unpaired) electrons. The summed E-state index contributed by atoms with van der Waals surface area (Å²) in [6.45, 7) is 2.11. The molecule has 0 aromatic carbocycles. The zero-order valence-corrected chi connectivity index (χ0v) is 7.96. The minimum Gasteiger partial charge on any atom is -0.466 e. The van der Waals surface area contributed by atoms with E-state index >= 15 is 0 Å². The monoisotopic (exact) mass is 222 g/mol. The van der Waals surface area contributed by atoms with E-state index in [0.29, 0.717) is 11.9 Å². The highest BCUT2D eigenvalue weighted by molar-refractivity contribution is 9.09. The van der Waals surface area contributed by atoms with Gasteiger partial charge in [0.2, 0.25) is 0 Å². The van der Waals surface area contributed by atoms with Gasteiger partial charge in [-0.1, -0.05) is 15.9 Å². The molecule has 0 bridgehead atoms. The number of carbonyl (C=O) groups excluding carboxylic acids is 2. The Labute approximate surface area is 74.2 Å². The van der Waals surface area contributed by atoms with Gasteiger partial charge >= 0.3 is 5.97 Å². The molecule has 0 amide bonds. The first-order chi connectivity index (χ1) is 5.24. The lowest BCUT2D eigenvalue weighted by Crippen LogP contribution is -2.13. The Morgan fingerprint density at radius 2 is 2.36 bits per heavy atom. The highest BCUT2D eigenvalue weighted by atomic mass is 79.9. The zero-order chi connectivity index (χ0) is 8.69. The van der Waals surface area contributed by atoms with Crippen molar-refractivity contribution in [2.75, 3.05) is 11.9 Å². The third-order valence-corrected chi connectivity index (χ3v) is 1.96. The van der Waals surface area contributed by atoms with E-state index < -0.39 is 0 Å². The van der Waals surface area contributed by atoms with Gasteiger partial charge in [0.25, 0.3) is 0 Å². The lowest BCUT2D eigenvalue weighted by molar-refractivity contribution is -0.144. The smallest absolute Gasteiger partial charge is 0.306 e. The minimum atomic E-state index is -0.316. The Morgan fingerprint density at radius 1 is 1.73 bits per heavy atom. The van der Waals surface area contributed by atoms with Gasteiger partial charge in [0.15, 0.2) is 0 Å². The predicted molar refractivity (Wildman–Crippen MR) is 44.6 cm³/mol. The Balaban J connectivity index is 3.62. The quantitative estimate of drug-likeness (QED) is 0.399. The number of aldehydes is 1. The van der Waals surface area contributed by atoms with Gasteiger partial charge < -0.3 is 9.53 Å². The van der Waals surface area contributed by atoms with Gasteiger partial charge in [-0.3, -0.25) is 4.79 Å². The highest BCUT2D eigenvalue weighted by Gasteiger charge is 2.11. The molecule has 0 fully saturated rings. The van der Waals surface area contributed by atoms with Crippen molar-refractivity contribution in [2.24, 2.45) is 5.92 Å². The molecule has 0 aromatic rings. The topological polar surface area (TPSA) is 43.4 Å². The van der Waals surface area contributed by atoms with Crippen LogP contribution in [0.3, 0.4) is 0 Å². The second-order valence-electron chi connectivity index (χ2n) is 2.06. The van der Waals surface area contributed by atoms with Gasteiger partial charge in [-0.25, -0.2) is 0 Å². The van der Waals surface area contributed by atoms with Crippen molar-refractivity contribution in [3.8, 4) is 0 Å². The number of halogens is 1. The van der Waals surface area contributed by atoms with Crippen LogP contribution in [0.5, 0.6) is 0 Å². The van der Waals surface area contributed by atoms with Crippen LogP contribution in [0.15, 0.2) is 0 Å². The van der Waals surface area contributed by atoms with E-state index in [0.717, 1.165) is 6.29 Å². The molecule has 0 aliphatic rings. The molecule has 0 heterocycles. The molecule has 0 aliphatic carbocycles. The molecule has 0 rings (SSSR count). The van der Waals surface area contributed by atoms with Crippen LogP contribution in [0.4, 0.5) is 0 Å². The van der Waals surface area contributed by atoms with Crippen LogP contribution < -0.4 is 0 Å². The van der Waals surface area contributed by atoms with Gasteiger partial charge in [0, 0.05) is 11.2 Å². The van der Waals surface area contributed by atoms with E-state index in [1.54, 1.807) is 6.92 Å². The normalized spacial score (nSPS) is 12.2. The zero-order valence-electron chi connectivity index (χ0n) is 6.38. The third kappa shape index (κ3) is 4.95. The number of ether oxygens (including phenoxy) is 1. The maximum Gasteiger partial charge on any atom is 0.306 e. The number of alkyl halides is 1. The molecule has 0 aromatic heterocycles. The molecule has 0 aliphatic heterocycles. The molecule has 11 heavy (non-hydrogen) atoms. The summed E-state index contributed by atoms with van der Waals surface area (Å²) in [5.41, 5.74) is 0. The highest BCUT2D eigenvalue weighted by Crippen LogP contribution is 2.04. The first-order valence-corrected chi connectivity index (χ1v) is 4.53. The summed E-state index contributed by atoms with van der Waals surface area (Å²) in [6.07, 6.45) is 0.925. The molecule has 0 unspecified atom stereocenters. The summed E-state index contributed by atoms with van der Waals surface area (Å²) in [5.74, 6) is -0.571. The standard InChI is InChI=1S/C7H11BrO3/c1-2-11-7(10)3-6(4-8)5-9/h5-6H,2-4H2,1H3/t6-/m1/s1. The summed E-state index contributed by atoms with van der Waals surface area (Å²) in [7, 11) is 0. The maximum absolute atomic E-state index is 10.8. The molecule has 0 saturated heterocycles. The van der Waals surface area contributed by atoms with E-state index in [2.05, 4.69) is 20.7 Å². The van der Waals surface area contributed by atoms with Crippen molar-refractivity contribution in [3.05, 3.63) is 0 Å². The van der Waals surface area contributed by atoms with E-state index in [9.17, 15) is 9.59 Å². The van der Waals surface area contributed by atoms with Crippen LogP contribution in [0.2, 0.25) is 0 Å². The van der Waals surface area contributed by atoms with E-state index in [4.69, 9.17) is 0 Å². The van der Waals surface area contributed by atoms with Crippen molar-refractivity contribution in [1.82, 2.24) is 0 Å². The predicted octanol–water partition coefficient (Wildman–Crippen LogP) is 1.15. The molecule has 4 heteroatoms. The van der Waals surface area contributed by atoms with E-state index in [1.165, 1.54) is 0 Å². The van der Waals surface area contributed by atoms with Gasteiger partial charge in [-0.05, 0) is 6.92 Å². The Morgan fingerprint density at radius 3 is 2.73 bits per heavy atom. The fraction of sp³-hybridized carbons (Fsp3) is 0.714. The first kappa shape index (κ1) is 10.6. The Hall–Kier alpha value is -0.380. The van der Waals surface area contributed by atoms with Crippen LogP contribution in [-0.4, -0.2) is 24.2 Å². The van der Waals surface area contributed by atoms with Crippen LogP contribution in [0.1, 0.15) is 13.3 Å². The van der Waals surface area contributed by atoms with Gasteiger partial charge in [-0.15, -0.1) is 0 Å². The Bertz CT molecular complexity index is 136. The number of esters is 1. The molecule has 1 atom stereocenters. The molecule has 64 valence electrons. The van der Waals surface area contributed by atoms with Gasteiger partial charge in [-0.2, -0.15) is 0 Å². The van der Waals surface area contributed by atoms with Crippen LogP contribution in [0.25, 0.3) is 0 Å². The van der Waals surface area contributed by atoms with Crippen molar-refractivity contribution in [3.63, 3.8) is 0 Å². The molecule has 0 saturated carbocycles. The second kappa shape index (κ2) is 6.34. The maximum atomic E-state index is 10.8. The van der Waals surface area contributed by atoms with Crippen LogP contribution in [-0.2, 0) is 14.3 Å². The SMILES string of the molecule is CCOC(=O)C[C@@H](C=O)CBr. The van der Waals surface area contributed by atoms with Gasteiger partial charge in [0.05, 0.1) is 13.0 Å². The molecule has 0 N–H and O–H groups in total. The second-order valence-corrected chi connectivity index (χ2v) is 2.71. The number of carbonyl (C=O) groups is 2. The minimum absolute atomic E-state index is 0.169. The number of hydrogen-bond acceptors (Lipinski definition) is 3. The van der Waals surface area contributed by atoms with Crippen LogP contribution in [0, 0.1) is 5.92 Å². The molecule has 3 nitrogen and oxygen atoms in total. The van der Waals surface area contributed by atoms with Gasteiger partial charge in [0.1, 0.15) is 6.29 Å². The van der Waals surface area contributed by atoms with Crippen molar-refractivity contribution >= 4 is 28.2 Å². The molecular weight excluding hydrogens is 212 g/mol. The van der Waals surface area contributed by atoms with Crippen molar-refractivity contribution < 1.29 is 14.3 Å².